The number of rotatable bonds is 6. The Labute approximate surface area is 154 Å². The van der Waals surface area contributed by atoms with Gasteiger partial charge in [-0.15, -0.1) is 11.3 Å². The van der Waals surface area contributed by atoms with Crippen LogP contribution in [0.3, 0.4) is 0 Å². The van der Waals surface area contributed by atoms with Gasteiger partial charge in [0.1, 0.15) is 11.7 Å². The first-order valence-corrected chi connectivity index (χ1v) is 9.34. The molecule has 9 heteroatoms. The zero-order valence-electron chi connectivity index (χ0n) is 14.4. The predicted molar refractivity (Wildman–Crippen MR) is 98.6 cm³/mol. The van der Waals surface area contributed by atoms with Crippen molar-refractivity contribution < 1.29 is 14.4 Å². The van der Waals surface area contributed by atoms with E-state index in [1.807, 2.05) is 0 Å². The van der Waals surface area contributed by atoms with E-state index in [-0.39, 0.29) is 17.7 Å². The molecule has 1 aliphatic carbocycles. The summed E-state index contributed by atoms with van der Waals surface area (Å²) >= 11 is 1.28. The van der Waals surface area contributed by atoms with Crippen LogP contribution in [0.4, 0.5) is 5.13 Å². The Morgan fingerprint density at radius 1 is 1.35 bits per heavy atom. The second-order valence-corrected chi connectivity index (χ2v) is 7.27. The molecule has 3 rings (SSSR count). The number of hydrogen-bond donors (Lipinski definition) is 4. The summed E-state index contributed by atoms with van der Waals surface area (Å²) < 4.78 is 0. The van der Waals surface area contributed by atoms with Gasteiger partial charge >= 0.3 is 0 Å². The molecule has 0 aromatic carbocycles. The van der Waals surface area contributed by atoms with Gasteiger partial charge in [-0.05, 0) is 24.8 Å². The van der Waals surface area contributed by atoms with Gasteiger partial charge in [0.05, 0.1) is 5.69 Å². The molecule has 0 aliphatic heterocycles. The van der Waals surface area contributed by atoms with Crippen molar-refractivity contribution in [2.45, 2.75) is 38.6 Å². The molecule has 0 bridgehead atoms. The number of carbonyl (C=O) groups is 3. The summed E-state index contributed by atoms with van der Waals surface area (Å²) in [6.07, 6.45) is 5.65. The normalized spacial score (nSPS) is 15.6. The highest BCUT2D eigenvalue weighted by molar-refractivity contribution is 7.14. The summed E-state index contributed by atoms with van der Waals surface area (Å²) in [4.78, 5) is 42.5. The van der Waals surface area contributed by atoms with Crippen molar-refractivity contribution in [2.24, 2.45) is 11.7 Å². The smallest absolute Gasteiger partial charge is 0.265 e. The Morgan fingerprint density at radius 3 is 2.69 bits per heavy atom. The van der Waals surface area contributed by atoms with Crippen molar-refractivity contribution in [3.05, 3.63) is 23.3 Å². The molecular weight excluding hydrogens is 354 g/mol. The van der Waals surface area contributed by atoms with Crippen LogP contribution in [0, 0.1) is 5.92 Å². The zero-order valence-corrected chi connectivity index (χ0v) is 15.2. The largest absolute Gasteiger partial charge is 0.364 e. The first-order valence-electron chi connectivity index (χ1n) is 8.46. The van der Waals surface area contributed by atoms with Crippen molar-refractivity contribution >= 4 is 34.2 Å². The fourth-order valence-corrected chi connectivity index (χ4v) is 3.96. The van der Waals surface area contributed by atoms with E-state index in [2.05, 4.69) is 20.6 Å². The van der Waals surface area contributed by atoms with Crippen molar-refractivity contribution in [1.29, 1.82) is 0 Å². The Bertz CT molecular complexity index is 822. The summed E-state index contributed by atoms with van der Waals surface area (Å²) in [6.45, 7) is 1.42. The van der Waals surface area contributed by atoms with Gasteiger partial charge in [-0.25, -0.2) is 4.98 Å². The van der Waals surface area contributed by atoms with Crippen LogP contribution in [0.5, 0.6) is 0 Å². The molecule has 1 aliphatic rings. The van der Waals surface area contributed by atoms with Crippen LogP contribution in [0.25, 0.3) is 11.3 Å². The molecule has 0 saturated heterocycles. The summed E-state index contributed by atoms with van der Waals surface area (Å²) in [5, 5.41) is 7.79. The summed E-state index contributed by atoms with van der Waals surface area (Å²) in [6, 6.07) is 1.07. The van der Waals surface area contributed by atoms with E-state index >= 15 is 0 Å². The minimum absolute atomic E-state index is 0.154. The van der Waals surface area contributed by atoms with E-state index in [0.29, 0.717) is 22.1 Å². The van der Waals surface area contributed by atoms with E-state index in [9.17, 15) is 14.4 Å². The lowest BCUT2D eigenvalue weighted by atomic mass is 9.97. The number of aromatic nitrogens is 2. The molecule has 8 nitrogen and oxygen atoms in total. The number of H-pyrrole nitrogens is 1. The average Bonchev–Trinajstić information content (AvgIpc) is 3.32. The van der Waals surface area contributed by atoms with Crippen molar-refractivity contribution in [3.8, 4) is 11.3 Å². The second-order valence-electron chi connectivity index (χ2n) is 6.42. The number of thiazole rings is 1. The van der Waals surface area contributed by atoms with E-state index < -0.39 is 11.9 Å². The molecule has 26 heavy (non-hydrogen) atoms. The maximum atomic E-state index is 12.6. The van der Waals surface area contributed by atoms with Crippen LogP contribution in [-0.4, -0.2) is 33.7 Å². The third-order valence-electron chi connectivity index (χ3n) is 4.49. The highest BCUT2D eigenvalue weighted by Crippen LogP contribution is 2.29. The maximum Gasteiger partial charge on any atom is 0.265 e. The van der Waals surface area contributed by atoms with Gasteiger partial charge < -0.3 is 21.4 Å². The summed E-state index contributed by atoms with van der Waals surface area (Å²) in [5.41, 5.74) is 6.87. The van der Waals surface area contributed by atoms with E-state index in [1.165, 1.54) is 18.3 Å². The van der Waals surface area contributed by atoms with E-state index in [1.54, 1.807) is 17.6 Å². The first-order chi connectivity index (χ1) is 12.4. The molecule has 1 unspecified atom stereocenters. The number of amides is 3. The monoisotopic (exact) mass is 375 g/mol. The Balaban J connectivity index is 1.71. The number of nitrogens with one attached hydrogen (secondary N) is 3. The van der Waals surface area contributed by atoms with Crippen LogP contribution >= 0.6 is 11.3 Å². The third-order valence-corrected chi connectivity index (χ3v) is 5.25. The minimum Gasteiger partial charge on any atom is -0.364 e. The van der Waals surface area contributed by atoms with Gasteiger partial charge in [0.2, 0.25) is 11.8 Å². The molecule has 1 fully saturated rings. The molecule has 3 amide bonds. The molecular formula is C17H21N5O3S. The Morgan fingerprint density at radius 2 is 2.08 bits per heavy atom. The van der Waals surface area contributed by atoms with Crippen molar-refractivity contribution in [3.63, 3.8) is 0 Å². The SMILES string of the molecule is CC(=O)NC(C(=O)Nc1nc(-c2c[nH]c(C(N)=O)c2)cs1)C1CCCC1. The van der Waals surface area contributed by atoms with Crippen LogP contribution < -0.4 is 16.4 Å². The summed E-state index contributed by atoms with van der Waals surface area (Å²) in [5.74, 6) is -0.862. The standard InChI is InChI=1S/C17H21N5O3S/c1-9(23)20-14(10-4-2-3-5-10)16(25)22-17-21-13(8-26-17)11-6-12(15(18)24)19-7-11/h6-8,10,14,19H,2-5H2,1H3,(H2,18,24)(H,20,23)(H,21,22,25). The zero-order chi connectivity index (χ0) is 18.7. The molecule has 1 atom stereocenters. The first kappa shape index (κ1) is 18.1. The molecule has 138 valence electrons. The molecule has 2 aromatic rings. The van der Waals surface area contributed by atoms with Crippen molar-refractivity contribution in [1.82, 2.24) is 15.3 Å². The molecule has 5 N–H and O–H groups in total. The maximum absolute atomic E-state index is 12.6. The second kappa shape index (κ2) is 7.69. The number of anilines is 1. The highest BCUT2D eigenvalue weighted by atomic mass is 32.1. The fourth-order valence-electron chi connectivity index (χ4n) is 3.24. The predicted octanol–water partition coefficient (Wildman–Crippen LogP) is 1.87. The molecule has 0 radical (unpaired) electrons. The number of aromatic amines is 1. The third kappa shape index (κ3) is 4.10. The van der Waals surface area contributed by atoms with E-state index in [0.717, 1.165) is 25.7 Å². The lowest BCUT2D eigenvalue weighted by Gasteiger charge is -2.22. The number of hydrogen-bond acceptors (Lipinski definition) is 5. The molecule has 0 spiro atoms. The quantitative estimate of drug-likeness (QED) is 0.614. The Hall–Kier alpha value is -2.68. The highest BCUT2D eigenvalue weighted by Gasteiger charge is 2.31. The molecule has 1 saturated carbocycles. The van der Waals surface area contributed by atoms with Crippen LogP contribution in [-0.2, 0) is 9.59 Å². The topological polar surface area (TPSA) is 130 Å². The molecule has 2 heterocycles. The molecule has 2 aromatic heterocycles. The van der Waals surface area contributed by atoms with Crippen molar-refractivity contribution in [2.75, 3.05) is 5.32 Å². The van der Waals surface area contributed by atoms with Gasteiger partial charge in [0.15, 0.2) is 5.13 Å². The van der Waals surface area contributed by atoms with Crippen LogP contribution in [0.1, 0.15) is 43.1 Å². The fraction of sp³-hybridized carbons (Fsp3) is 0.412. The van der Waals surface area contributed by atoms with Gasteiger partial charge in [0.25, 0.3) is 5.91 Å². The van der Waals surface area contributed by atoms with Gasteiger partial charge in [0, 0.05) is 24.1 Å². The van der Waals surface area contributed by atoms with Crippen LogP contribution in [0.2, 0.25) is 0 Å². The van der Waals surface area contributed by atoms with Gasteiger partial charge in [-0.1, -0.05) is 12.8 Å². The number of nitrogens with zero attached hydrogens (tertiary/aromatic N) is 1. The summed E-state index contributed by atoms with van der Waals surface area (Å²) in [7, 11) is 0. The van der Waals surface area contributed by atoms with E-state index in [4.69, 9.17) is 5.73 Å². The number of primary amides is 1. The lowest BCUT2D eigenvalue weighted by molar-refractivity contribution is -0.126. The van der Waals surface area contributed by atoms with Gasteiger partial charge in [-0.3, -0.25) is 14.4 Å². The number of nitrogens with two attached hydrogens (primary N) is 1. The van der Waals surface area contributed by atoms with Crippen LogP contribution in [0.15, 0.2) is 17.6 Å². The lowest BCUT2D eigenvalue weighted by Crippen LogP contribution is -2.47. The van der Waals surface area contributed by atoms with Gasteiger partial charge in [-0.2, -0.15) is 0 Å². The minimum atomic E-state index is -0.547. The number of carbonyl (C=O) groups excluding carboxylic acids is 3. The Kier molecular flexibility index (Phi) is 5.36. The average molecular weight is 375 g/mol.